The van der Waals surface area contributed by atoms with Crippen LogP contribution in [0.3, 0.4) is 0 Å². The number of nitrogens with zero attached hydrogens (tertiary/aromatic N) is 1. The average Bonchev–Trinajstić information content (AvgIpc) is 2.53. The predicted octanol–water partition coefficient (Wildman–Crippen LogP) is 4.24. The molecule has 2 aromatic carbocycles. The number of hydrogen-bond donors (Lipinski definition) is 0. The fraction of sp³-hybridized carbons (Fsp3) is 0.278. The van der Waals surface area contributed by atoms with Crippen molar-refractivity contribution in [2.24, 2.45) is 5.16 Å². The summed E-state index contributed by atoms with van der Waals surface area (Å²) in [6.07, 6.45) is 4.99. The van der Waals surface area contributed by atoms with Crippen molar-refractivity contribution >= 4 is 6.21 Å². The van der Waals surface area contributed by atoms with E-state index >= 15 is 0 Å². The van der Waals surface area contributed by atoms with Crippen LogP contribution < -0.4 is 0 Å². The third-order valence-electron chi connectivity index (χ3n) is 3.26. The molecular weight excluding hydrogens is 246 g/mol. The van der Waals surface area contributed by atoms with E-state index in [1.54, 1.807) is 0 Å². The summed E-state index contributed by atoms with van der Waals surface area (Å²) < 4.78 is 0. The van der Waals surface area contributed by atoms with Crippen LogP contribution in [0.1, 0.15) is 36.1 Å². The number of rotatable bonds is 6. The van der Waals surface area contributed by atoms with E-state index in [2.05, 4.69) is 61.6 Å². The summed E-state index contributed by atoms with van der Waals surface area (Å²) in [4.78, 5) is 5.27. The van der Waals surface area contributed by atoms with E-state index in [0.717, 1.165) is 24.0 Å². The molecule has 2 nitrogen and oxygen atoms in total. The first-order chi connectivity index (χ1) is 9.81. The van der Waals surface area contributed by atoms with Gasteiger partial charge in [-0.05, 0) is 29.5 Å². The minimum atomic E-state index is 0.476. The monoisotopic (exact) mass is 266 g/mol. The average molecular weight is 266 g/mol. The van der Waals surface area contributed by atoms with Gasteiger partial charge in [0.15, 0.2) is 0 Å². The molecule has 0 spiro atoms. The fourth-order valence-electron chi connectivity index (χ4n) is 1.88. The van der Waals surface area contributed by atoms with Gasteiger partial charge in [0, 0.05) is 5.56 Å². The summed E-state index contributed by atoms with van der Waals surface area (Å²) in [6, 6.07) is 16.6. The van der Waals surface area contributed by atoms with E-state index in [9.17, 15) is 0 Å². The summed E-state index contributed by atoms with van der Waals surface area (Å²) in [5.74, 6) is 0. The Balaban J connectivity index is 1.83. The van der Waals surface area contributed by atoms with Crippen LogP contribution in [0.2, 0.25) is 0 Å². The molecule has 0 saturated carbocycles. The summed E-state index contributed by atoms with van der Waals surface area (Å²) in [5.41, 5.74) is 4.70. The maximum Gasteiger partial charge on any atom is 0.142 e. The fourth-order valence-corrected chi connectivity index (χ4v) is 1.88. The molecule has 20 heavy (non-hydrogen) atoms. The second kappa shape index (κ2) is 7.49. The van der Waals surface area contributed by atoms with Crippen molar-refractivity contribution in [3.63, 3.8) is 0 Å². The van der Waals surface area contributed by atoms with Gasteiger partial charge in [-0.2, -0.15) is 0 Å². The lowest BCUT2D eigenvalue weighted by Crippen LogP contribution is -1.89. The maximum atomic E-state index is 5.27. The summed E-state index contributed by atoms with van der Waals surface area (Å²) in [5, 5.41) is 3.88. The largest absolute Gasteiger partial charge is 0.390 e. The Labute approximate surface area is 121 Å². The second-order valence-corrected chi connectivity index (χ2v) is 4.70. The van der Waals surface area contributed by atoms with Crippen molar-refractivity contribution in [2.45, 2.75) is 33.3 Å². The maximum absolute atomic E-state index is 5.27. The molecule has 2 aromatic rings. The van der Waals surface area contributed by atoms with Gasteiger partial charge < -0.3 is 4.84 Å². The normalized spacial score (nSPS) is 10.9. The van der Waals surface area contributed by atoms with Crippen LogP contribution in [0.5, 0.6) is 0 Å². The molecule has 1 radical (unpaired) electrons. The zero-order chi connectivity index (χ0) is 14.2. The summed E-state index contributed by atoms with van der Waals surface area (Å²) >= 11 is 0. The van der Waals surface area contributed by atoms with Gasteiger partial charge in [-0.1, -0.05) is 67.5 Å². The molecule has 0 aromatic heterocycles. The molecule has 0 unspecified atom stereocenters. The third-order valence-corrected chi connectivity index (χ3v) is 3.26. The molecule has 0 fully saturated rings. The highest BCUT2D eigenvalue weighted by atomic mass is 16.6. The molecule has 103 valence electrons. The van der Waals surface area contributed by atoms with Gasteiger partial charge in [0.25, 0.3) is 0 Å². The van der Waals surface area contributed by atoms with Gasteiger partial charge in [-0.3, -0.25) is 0 Å². The van der Waals surface area contributed by atoms with Gasteiger partial charge in [-0.25, -0.2) is 0 Å². The molecule has 0 amide bonds. The Hall–Kier alpha value is -2.09. The first kappa shape index (κ1) is 14.3. The minimum absolute atomic E-state index is 0.476. The highest BCUT2D eigenvalue weighted by Gasteiger charge is 1.94. The molecule has 0 aliphatic heterocycles. The summed E-state index contributed by atoms with van der Waals surface area (Å²) in [7, 11) is 0. The Morgan fingerprint density at radius 2 is 1.30 bits per heavy atom. The van der Waals surface area contributed by atoms with Crippen molar-refractivity contribution < 1.29 is 4.84 Å². The zero-order valence-electron chi connectivity index (χ0n) is 12.1. The van der Waals surface area contributed by atoms with Crippen LogP contribution in [-0.2, 0) is 24.3 Å². The second-order valence-electron chi connectivity index (χ2n) is 4.70. The standard InChI is InChI=1S/C18H20NO/c1-3-15-5-9-17(10-6-15)13-19-20-14-18-11-7-16(4-2)8-12-18/h5-12H,3-4,14H2,1-2H3. The van der Waals surface area contributed by atoms with E-state index in [4.69, 9.17) is 4.84 Å². The molecule has 0 atom stereocenters. The topological polar surface area (TPSA) is 21.6 Å². The molecule has 0 heterocycles. The molecule has 0 bridgehead atoms. The smallest absolute Gasteiger partial charge is 0.142 e. The van der Waals surface area contributed by atoms with Crippen LogP contribution in [0, 0.1) is 0 Å². The Kier molecular flexibility index (Phi) is 5.36. The van der Waals surface area contributed by atoms with Crippen molar-refractivity contribution in [2.75, 3.05) is 0 Å². The van der Waals surface area contributed by atoms with Crippen molar-refractivity contribution in [3.05, 3.63) is 70.8 Å². The zero-order valence-corrected chi connectivity index (χ0v) is 12.1. The first-order valence-corrected chi connectivity index (χ1v) is 7.06. The van der Waals surface area contributed by atoms with Crippen LogP contribution >= 0.6 is 0 Å². The van der Waals surface area contributed by atoms with Crippen molar-refractivity contribution in [1.29, 1.82) is 0 Å². The van der Waals surface area contributed by atoms with Gasteiger partial charge >= 0.3 is 0 Å². The highest BCUT2D eigenvalue weighted by Crippen LogP contribution is 2.07. The van der Waals surface area contributed by atoms with Crippen molar-refractivity contribution in [3.8, 4) is 0 Å². The van der Waals surface area contributed by atoms with E-state index in [-0.39, 0.29) is 0 Å². The SMILES string of the molecule is CCc1ccc(/[C]=N\OCc2ccc(CC)cc2)cc1. The number of benzene rings is 2. The molecule has 0 aliphatic carbocycles. The van der Waals surface area contributed by atoms with Gasteiger partial charge in [-0.15, -0.1) is 0 Å². The molecule has 0 saturated heterocycles. The van der Waals surface area contributed by atoms with E-state index in [1.165, 1.54) is 11.1 Å². The molecule has 0 N–H and O–H groups in total. The van der Waals surface area contributed by atoms with Gasteiger partial charge in [0.1, 0.15) is 12.8 Å². The number of aryl methyl sites for hydroxylation is 2. The van der Waals surface area contributed by atoms with E-state index < -0.39 is 0 Å². The minimum Gasteiger partial charge on any atom is -0.390 e. The van der Waals surface area contributed by atoms with Gasteiger partial charge in [0.05, 0.1) is 0 Å². The molecular formula is C18H20NO. The van der Waals surface area contributed by atoms with Crippen LogP contribution in [0.15, 0.2) is 53.7 Å². The van der Waals surface area contributed by atoms with E-state index in [0.29, 0.717) is 6.61 Å². The lowest BCUT2D eigenvalue weighted by Gasteiger charge is -2.01. The first-order valence-electron chi connectivity index (χ1n) is 7.06. The third kappa shape index (κ3) is 4.23. The molecule has 2 rings (SSSR count). The number of hydrogen-bond acceptors (Lipinski definition) is 2. The Morgan fingerprint density at radius 1 is 0.800 bits per heavy atom. The summed E-state index contributed by atoms with van der Waals surface area (Å²) in [6.45, 7) is 4.76. The lowest BCUT2D eigenvalue weighted by atomic mass is 10.1. The predicted molar refractivity (Wildman–Crippen MR) is 83.0 cm³/mol. The Morgan fingerprint density at radius 3 is 1.85 bits per heavy atom. The molecule has 0 aliphatic rings. The lowest BCUT2D eigenvalue weighted by molar-refractivity contribution is 0.132. The van der Waals surface area contributed by atoms with Crippen molar-refractivity contribution in [1.82, 2.24) is 0 Å². The molecule has 2 heteroatoms. The highest BCUT2D eigenvalue weighted by molar-refractivity contribution is 5.79. The van der Waals surface area contributed by atoms with E-state index in [1.807, 2.05) is 12.1 Å². The quantitative estimate of drug-likeness (QED) is 0.566. The van der Waals surface area contributed by atoms with Gasteiger partial charge in [0.2, 0.25) is 0 Å². The Bertz CT molecular complexity index is 541. The van der Waals surface area contributed by atoms with Crippen LogP contribution in [0.4, 0.5) is 0 Å². The van der Waals surface area contributed by atoms with Crippen LogP contribution in [0.25, 0.3) is 0 Å². The van der Waals surface area contributed by atoms with Crippen LogP contribution in [-0.4, -0.2) is 6.21 Å².